The van der Waals surface area contributed by atoms with Crippen molar-refractivity contribution in [3.8, 4) is 0 Å². The Kier molecular flexibility index (Phi) is 6.62. The Morgan fingerprint density at radius 1 is 1.35 bits per heavy atom. The summed E-state index contributed by atoms with van der Waals surface area (Å²) in [4.78, 5) is 18.4. The minimum atomic E-state index is 0.0826. The number of morpholine rings is 1. The Morgan fingerprint density at radius 2 is 2.22 bits per heavy atom. The highest BCUT2D eigenvalue weighted by molar-refractivity contribution is 7.99. The van der Waals surface area contributed by atoms with Crippen LogP contribution in [-0.2, 0) is 11.3 Å². The average Bonchev–Trinajstić information content (AvgIpc) is 2.99. The number of ether oxygens (including phenoxy) is 1. The second kappa shape index (κ2) is 8.92. The third-order valence-corrected chi connectivity index (χ3v) is 6.34. The quantitative estimate of drug-likeness (QED) is 0.898. The standard InChI is InChI=1S/C16H25N3O2S2/c20-16(17-11-15-3-1-10-23-15)19-4-2-9-22-13-14(19)12-18-5-7-21-8-6-18/h1,3,10,14H,2,4-9,11-13H2,(H,17,20)/t14-/m0/s1. The summed E-state index contributed by atoms with van der Waals surface area (Å²) in [5.74, 6) is 2.18. The summed E-state index contributed by atoms with van der Waals surface area (Å²) in [6, 6.07) is 4.47. The van der Waals surface area contributed by atoms with Gasteiger partial charge in [0.25, 0.3) is 0 Å². The first-order chi connectivity index (χ1) is 11.3. The van der Waals surface area contributed by atoms with E-state index in [1.807, 2.05) is 23.2 Å². The van der Waals surface area contributed by atoms with Crippen LogP contribution in [0.5, 0.6) is 0 Å². The summed E-state index contributed by atoms with van der Waals surface area (Å²) in [6.07, 6.45) is 1.08. The molecule has 2 saturated heterocycles. The summed E-state index contributed by atoms with van der Waals surface area (Å²) >= 11 is 3.66. The van der Waals surface area contributed by atoms with E-state index in [9.17, 15) is 4.79 Å². The number of thiophene rings is 1. The zero-order valence-corrected chi connectivity index (χ0v) is 15.0. The van der Waals surface area contributed by atoms with Crippen LogP contribution >= 0.6 is 23.1 Å². The van der Waals surface area contributed by atoms with Crippen molar-refractivity contribution in [1.82, 2.24) is 15.1 Å². The van der Waals surface area contributed by atoms with E-state index < -0.39 is 0 Å². The summed E-state index contributed by atoms with van der Waals surface area (Å²) in [6.45, 7) is 6.03. The number of amides is 2. The van der Waals surface area contributed by atoms with Crippen LogP contribution in [0.25, 0.3) is 0 Å². The highest BCUT2D eigenvalue weighted by Crippen LogP contribution is 2.18. The third kappa shape index (κ3) is 5.11. The van der Waals surface area contributed by atoms with E-state index in [1.165, 1.54) is 4.88 Å². The number of rotatable bonds is 4. The summed E-state index contributed by atoms with van der Waals surface area (Å²) in [7, 11) is 0. The van der Waals surface area contributed by atoms with Gasteiger partial charge in [0.2, 0.25) is 0 Å². The fraction of sp³-hybridized carbons (Fsp3) is 0.688. The molecule has 3 heterocycles. The van der Waals surface area contributed by atoms with E-state index in [0.29, 0.717) is 12.6 Å². The highest BCUT2D eigenvalue weighted by Gasteiger charge is 2.28. The van der Waals surface area contributed by atoms with Gasteiger partial charge >= 0.3 is 6.03 Å². The van der Waals surface area contributed by atoms with E-state index in [0.717, 1.165) is 57.3 Å². The van der Waals surface area contributed by atoms with Crippen LogP contribution in [0.2, 0.25) is 0 Å². The number of carbonyl (C=O) groups excluding carboxylic acids is 1. The number of nitrogens with one attached hydrogen (secondary N) is 1. The van der Waals surface area contributed by atoms with Crippen molar-refractivity contribution in [3.05, 3.63) is 22.4 Å². The van der Waals surface area contributed by atoms with Gasteiger partial charge in [-0.05, 0) is 23.6 Å². The predicted octanol–water partition coefficient (Wildman–Crippen LogP) is 2.10. The molecule has 0 unspecified atom stereocenters. The first-order valence-corrected chi connectivity index (χ1v) is 10.3. The maximum atomic E-state index is 12.7. The molecule has 2 aliphatic rings. The number of hydrogen-bond donors (Lipinski definition) is 1. The molecule has 5 nitrogen and oxygen atoms in total. The van der Waals surface area contributed by atoms with Gasteiger partial charge in [-0.3, -0.25) is 4.90 Å². The lowest BCUT2D eigenvalue weighted by molar-refractivity contribution is 0.0283. The second-order valence-corrected chi connectivity index (χ2v) is 8.11. The molecular weight excluding hydrogens is 330 g/mol. The second-order valence-electron chi connectivity index (χ2n) is 5.93. The number of nitrogens with zero attached hydrogens (tertiary/aromatic N) is 2. The maximum absolute atomic E-state index is 12.7. The normalized spacial score (nSPS) is 23.5. The molecule has 1 aromatic rings. The van der Waals surface area contributed by atoms with Crippen molar-refractivity contribution in [1.29, 1.82) is 0 Å². The maximum Gasteiger partial charge on any atom is 0.318 e. The van der Waals surface area contributed by atoms with E-state index in [-0.39, 0.29) is 6.03 Å². The first kappa shape index (κ1) is 17.1. The lowest BCUT2D eigenvalue weighted by Gasteiger charge is -2.35. The van der Waals surface area contributed by atoms with Gasteiger partial charge in [-0.2, -0.15) is 11.8 Å². The zero-order chi connectivity index (χ0) is 15.9. The van der Waals surface area contributed by atoms with Crippen LogP contribution in [0, 0.1) is 0 Å². The largest absolute Gasteiger partial charge is 0.379 e. The molecule has 128 valence electrons. The van der Waals surface area contributed by atoms with E-state index in [4.69, 9.17) is 4.74 Å². The Bertz CT molecular complexity index is 478. The molecule has 2 amide bonds. The smallest absolute Gasteiger partial charge is 0.318 e. The van der Waals surface area contributed by atoms with Gasteiger partial charge < -0.3 is 15.0 Å². The third-order valence-electron chi connectivity index (χ3n) is 4.27. The molecule has 1 N–H and O–H groups in total. The van der Waals surface area contributed by atoms with Gasteiger partial charge in [0.05, 0.1) is 25.8 Å². The van der Waals surface area contributed by atoms with Crippen LogP contribution in [0.4, 0.5) is 4.79 Å². The van der Waals surface area contributed by atoms with Gasteiger partial charge in [0, 0.05) is 36.8 Å². The summed E-state index contributed by atoms with van der Waals surface area (Å²) in [5.41, 5.74) is 0. The van der Waals surface area contributed by atoms with Crippen LogP contribution in [0.15, 0.2) is 17.5 Å². The fourth-order valence-corrected chi connectivity index (χ4v) is 4.71. The molecule has 1 atom stereocenters. The van der Waals surface area contributed by atoms with Crippen LogP contribution < -0.4 is 5.32 Å². The summed E-state index contributed by atoms with van der Waals surface area (Å²) in [5, 5.41) is 5.14. The van der Waals surface area contributed by atoms with Crippen molar-refractivity contribution < 1.29 is 9.53 Å². The molecule has 1 aromatic heterocycles. The molecule has 0 bridgehead atoms. The number of thioether (sulfide) groups is 1. The average molecular weight is 356 g/mol. The molecule has 7 heteroatoms. The molecule has 2 fully saturated rings. The molecular formula is C16H25N3O2S2. The Balaban J connectivity index is 1.56. The van der Waals surface area contributed by atoms with Crippen molar-refractivity contribution in [3.63, 3.8) is 0 Å². The first-order valence-electron chi connectivity index (χ1n) is 8.27. The van der Waals surface area contributed by atoms with Gasteiger partial charge in [-0.1, -0.05) is 6.07 Å². The van der Waals surface area contributed by atoms with E-state index in [1.54, 1.807) is 11.3 Å². The van der Waals surface area contributed by atoms with Crippen LogP contribution in [0.3, 0.4) is 0 Å². The topological polar surface area (TPSA) is 44.8 Å². The monoisotopic (exact) mass is 355 g/mol. The van der Waals surface area contributed by atoms with Crippen LogP contribution in [-0.4, -0.2) is 72.8 Å². The minimum absolute atomic E-state index is 0.0826. The zero-order valence-electron chi connectivity index (χ0n) is 13.4. The molecule has 0 saturated carbocycles. The molecule has 23 heavy (non-hydrogen) atoms. The number of carbonyl (C=O) groups is 1. The fourth-order valence-electron chi connectivity index (χ4n) is 3.01. The molecule has 0 spiro atoms. The van der Waals surface area contributed by atoms with Gasteiger partial charge in [-0.15, -0.1) is 11.3 Å². The Hall–Kier alpha value is -0.760. The Morgan fingerprint density at radius 3 is 3.00 bits per heavy atom. The van der Waals surface area contributed by atoms with E-state index in [2.05, 4.69) is 21.2 Å². The molecule has 3 rings (SSSR count). The minimum Gasteiger partial charge on any atom is -0.379 e. The molecule has 0 aliphatic carbocycles. The molecule has 0 radical (unpaired) electrons. The van der Waals surface area contributed by atoms with Crippen LogP contribution in [0.1, 0.15) is 11.3 Å². The van der Waals surface area contributed by atoms with Crippen molar-refractivity contribution in [2.75, 3.05) is 50.9 Å². The Labute approximate surface area is 146 Å². The lowest BCUT2D eigenvalue weighted by Crippen LogP contribution is -2.52. The number of hydrogen-bond acceptors (Lipinski definition) is 5. The SMILES string of the molecule is O=C(NCc1cccs1)N1CCCSC[C@@H]1CN1CCOCC1. The summed E-state index contributed by atoms with van der Waals surface area (Å²) < 4.78 is 5.43. The van der Waals surface area contributed by atoms with Crippen molar-refractivity contribution >= 4 is 29.1 Å². The number of urea groups is 1. The highest BCUT2D eigenvalue weighted by atomic mass is 32.2. The molecule has 2 aliphatic heterocycles. The lowest BCUT2D eigenvalue weighted by atomic mass is 10.2. The van der Waals surface area contributed by atoms with Crippen molar-refractivity contribution in [2.45, 2.75) is 19.0 Å². The van der Waals surface area contributed by atoms with Gasteiger partial charge in [0.1, 0.15) is 0 Å². The van der Waals surface area contributed by atoms with Gasteiger partial charge in [0.15, 0.2) is 0 Å². The van der Waals surface area contributed by atoms with Crippen molar-refractivity contribution in [2.24, 2.45) is 0 Å². The van der Waals surface area contributed by atoms with Gasteiger partial charge in [-0.25, -0.2) is 4.79 Å². The molecule has 0 aromatic carbocycles. The predicted molar refractivity (Wildman–Crippen MR) is 96.2 cm³/mol. The van der Waals surface area contributed by atoms with E-state index >= 15 is 0 Å².